The van der Waals surface area contributed by atoms with Gasteiger partial charge in [0, 0.05) is 5.69 Å². The maximum absolute atomic E-state index is 11.3. The topological polar surface area (TPSA) is 103 Å². The Kier molecular flexibility index (Phi) is 4.75. The summed E-state index contributed by atoms with van der Waals surface area (Å²) in [4.78, 5) is 15.1. The molecular formula is C15H18N4O4. The number of pyridine rings is 1. The second-order valence-electron chi connectivity index (χ2n) is 5.16. The molecule has 0 aromatic carbocycles. The van der Waals surface area contributed by atoms with Crippen molar-refractivity contribution in [3.8, 4) is 11.6 Å². The molecule has 0 aliphatic rings. The van der Waals surface area contributed by atoms with E-state index >= 15 is 0 Å². The molecule has 8 nitrogen and oxygen atoms in total. The molecule has 122 valence electrons. The lowest BCUT2D eigenvalue weighted by Gasteiger charge is -2.07. The minimum absolute atomic E-state index is 0.0427. The number of hydrogen-bond acceptors (Lipinski definition) is 6. The van der Waals surface area contributed by atoms with Gasteiger partial charge in [0.15, 0.2) is 0 Å². The van der Waals surface area contributed by atoms with Crippen LogP contribution in [0.1, 0.15) is 17.1 Å². The van der Waals surface area contributed by atoms with Gasteiger partial charge in [-0.25, -0.2) is 4.68 Å². The third kappa shape index (κ3) is 3.37. The van der Waals surface area contributed by atoms with E-state index in [1.54, 1.807) is 13.0 Å². The van der Waals surface area contributed by atoms with Crippen molar-refractivity contribution in [3.63, 3.8) is 0 Å². The van der Waals surface area contributed by atoms with E-state index in [1.165, 1.54) is 4.68 Å². The summed E-state index contributed by atoms with van der Waals surface area (Å²) in [5.74, 6) is -0.109. The molecule has 0 radical (unpaired) electrons. The first-order valence-electron chi connectivity index (χ1n) is 6.94. The molecule has 2 rings (SSSR count). The first-order chi connectivity index (χ1) is 10.8. The molecule has 0 atom stereocenters. The van der Waals surface area contributed by atoms with Gasteiger partial charge in [0.2, 0.25) is 0 Å². The normalized spacial score (nSPS) is 10.6. The van der Waals surface area contributed by atoms with Crippen molar-refractivity contribution in [3.05, 3.63) is 51.5 Å². The molecule has 2 aromatic heterocycles. The van der Waals surface area contributed by atoms with Gasteiger partial charge in [0.1, 0.15) is 12.3 Å². The minimum Gasteiger partial charge on any atom is -0.467 e. The molecular weight excluding hydrogens is 300 g/mol. The second-order valence-corrected chi connectivity index (χ2v) is 5.16. The Morgan fingerprint density at radius 3 is 2.70 bits per heavy atom. The van der Waals surface area contributed by atoms with Crippen LogP contribution in [0.4, 0.5) is 5.69 Å². The Balaban J connectivity index is 2.49. The number of nitro groups is 1. The number of rotatable bonds is 6. The van der Waals surface area contributed by atoms with Crippen molar-refractivity contribution in [1.29, 1.82) is 0 Å². The number of ether oxygens (including phenoxy) is 1. The Labute approximate surface area is 133 Å². The number of aromatic nitrogens is 3. The van der Waals surface area contributed by atoms with Gasteiger partial charge in [0.25, 0.3) is 0 Å². The van der Waals surface area contributed by atoms with Crippen LogP contribution in [0.2, 0.25) is 0 Å². The van der Waals surface area contributed by atoms with Crippen LogP contribution in [0.15, 0.2) is 24.3 Å². The van der Waals surface area contributed by atoms with Crippen LogP contribution in [-0.4, -0.2) is 38.0 Å². The van der Waals surface area contributed by atoms with E-state index in [0.29, 0.717) is 22.6 Å². The monoisotopic (exact) mass is 318 g/mol. The van der Waals surface area contributed by atoms with Crippen molar-refractivity contribution in [2.45, 2.75) is 20.8 Å². The summed E-state index contributed by atoms with van der Waals surface area (Å²) < 4.78 is 6.79. The molecule has 0 amide bonds. The summed E-state index contributed by atoms with van der Waals surface area (Å²) in [5.41, 5.74) is 2.73. The molecule has 0 bridgehead atoms. The highest BCUT2D eigenvalue weighted by molar-refractivity contribution is 5.50. The van der Waals surface area contributed by atoms with Gasteiger partial charge in [-0.1, -0.05) is 6.58 Å². The molecule has 0 unspecified atom stereocenters. The predicted octanol–water partition coefficient (Wildman–Crippen LogP) is 2.03. The first kappa shape index (κ1) is 16.6. The van der Waals surface area contributed by atoms with Crippen LogP contribution in [0.25, 0.3) is 5.69 Å². The second kappa shape index (κ2) is 6.57. The van der Waals surface area contributed by atoms with Crippen molar-refractivity contribution in [2.24, 2.45) is 0 Å². The van der Waals surface area contributed by atoms with Gasteiger partial charge >= 0.3 is 11.6 Å². The number of nitrogens with zero attached hydrogens (tertiary/aromatic N) is 4. The van der Waals surface area contributed by atoms with Crippen LogP contribution >= 0.6 is 0 Å². The zero-order valence-electron chi connectivity index (χ0n) is 13.2. The maximum Gasteiger partial charge on any atom is 0.353 e. The summed E-state index contributed by atoms with van der Waals surface area (Å²) in [5, 5.41) is 24.5. The van der Waals surface area contributed by atoms with Crippen molar-refractivity contribution in [2.75, 3.05) is 13.2 Å². The molecule has 2 heterocycles. The van der Waals surface area contributed by atoms with Crippen LogP contribution < -0.4 is 4.74 Å². The Morgan fingerprint density at radius 2 is 2.13 bits per heavy atom. The quantitative estimate of drug-likeness (QED) is 0.496. The lowest BCUT2D eigenvalue weighted by molar-refractivity contribution is -0.386. The fraction of sp³-hybridized carbons (Fsp3) is 0.333. The molecule has 1 N–H and O–H groups in total. The summed E-state index contributed by atoms with van der Waals surface area (Å²) in [6, 6.07) is 3.61. The standard InChI is InChI=1S/C15H18N4O4/c1-9(7-20)8-23-15-14(19(21)22)12(4)18(17-15)13-6-5-10(2)16-11(13)3/h5-6,20H,1,7-8H2,2-4H3. The minimum atomic E-state index is -0.535. The van der Waals surface area contributed by atoms with E-state index in [1.807, 2.05) is 19.9 Å². The van der Waals surface area contributed by atoms with Crippen LogP contribution in [0, 0.1) is 30.9 Å². The van der Waals surface area contributed by atoms with E-state index in [0.717, 1.165) is 5.69 Å². The van der Waals surface area contributed by atoms with E-state index in [-0.39, 0.29) is 24.8 Å². The van der Waals surface area contributed by atoms with E-state index in [9.17, 15) is 10.1 Å². The highest BCUT2D eigenvalue weighted by Crippen LogP contribution is 2.32. The molecule has 0 saturated carbocycles. The fourth-order valence-corrected chi connectivity index (χ4v) is 2.13. The third-order valence-electron chi connectivity index (χ3n) is 3.30. The smallest absolute Gasteiger partial charge is 0.353 e. The highest BCUT2D eigenvalue weighted by Gasteiger charge is 2.28. The van der Waals surface area contributed by atoms with Gasteiger partial charge in [-0.2, -0.15) is 0 Å². The van der Waals surface area contributed by atoms with Gasteiger partial charge in [-0.15, -0.1) is 5.10 Å². The lowest BCUT2D eigenvalue weighted by Crippen LogP contribution is -2.06. The largest absolute Gasteiger partial charge is 0.467 e. The summed E-state index contributed by atoms with van der Waals surface area (Å²) in [6.07, 6.45) is 0. The van der Waals surface area contributed by atoms with Crippen LogP contribution in [0.3, 0.4) is 0 Å². The number of aliphatic hydroxyl groups excluding tert-OH is 1. The van der Waals surface area contributed by atoms with E-state index < -0.39 is 4.92 Å². The van der Waals surface area contributed by atoms with Crippen LogP contribution in [-0.2, 0) is 0 Å². The van der Waals surface area contributed by atoms with Gasteiger partial charge in [-0.3, -0.25) is 15.1 Å². The molecule has 0 aliphatic carbocycles. The zero-order chi connectivity index (χ0) is 17.1. The highest BCUT2D eigenvalue weighted by atomic mass is 16.6. The van der Waals surface area contributed by atoms with Crippen LogP contribution in [0.5, 0.6) is 5.88 Å². The zero-order valence-corrected chi connectivity index (χ0v) is 13.2. The fourth-order valence-electron chi connectivity index (χ4n) is 2.13. The molecule has 8 heteroatoms. The Morgan fingerprint density at radius 1 is 1.43 bits per heavy atom. The molecule has 0 saturated heterocycles. The molecule has 0 aliphatic heterocycles. The van der Waals surface area contributed by atoms with Gasteiger partial charge in [0.05, 0.1) is 22.9 Å². The summed E-state index contributed by atoms with van der Waals surface area (Å²) in [7, 11) is 0. The predicted molar refractivity (Wildman–Crippen MR) is 83.9 cm³/mol. The summed E-state index contributed by atoms with van der Waals surface area (Å²) in [6.45, 7) is 8.56. The molecule has 0 spiro atoms. The van der Waals surface area contributed by atoms with Crippen molar-refractivity contribution >= 4 is 5.69 Å². The van der Waals surface area contributed by atoms with Gasteiger partial charge in [-0.05, 0) is 38.5 Å². The maximum atomic E-state index is 11.3. The number of aliphatic hydroxyl groups is 1. The molecule has 23 heavy (non-hydrogen) atoms. The molecule has 2 aromatic rings. The lowest BCUT2D eigenvalue weighted by atomic mass is 10.2. The molecule has 0 fully saturated rings. The average Bonchev–Trinajstić information content (AvgIpc) is 2.81. The Bertz CT molecular complexity index is 767. The van der Waals surface area contributed by atoms with Gasteiger partial charge < -0.3 is 9.84 Å². The van der Waals surface area contributed by atoms with Crippen molar-refractivity contribution < 1.29 is 14.8 Å². The third-order valence-corrected chi connectivity index (χ3v) is 3.30. The first-order valence-corrected chi connectivity index (χ1v) is 6.94. The van der Waals surface area contributed by atoms with E-state index in [4.69, 9.17) is 9.84 Å². The number of hydrogen-bond donors (Lipinski definition) is 1. The number of aryl methyl sites for hydroxylation is 2. The SMILES string of the molecule is C=C(CO)COc1nn(-c2ccc(C)nc2C)c(C)c1[N+](=O)[O-]. The Hall–Kier alpha value is -2.74. The van der Waals surface area contributed by atoms with Crippen molar-refractivity contribution in [1.82, 2.24) is 14.8 Å². The summed E-state index contributed by atoms with van der Waals surface area (Å²) >= 11 is 0. The van der Waals surface area contributed by atoms with E-state index in [2.05, 4.69) is 16.7 Å². The average molecular weight is 318 g/mol.